The Kier molecular flexibility index (Phi) is 7.40. The number of aryl methyl sites for hydroxylation is 1. The molecule has 202 valence electrons. The number of hydrogen-bond acceptors (Lipinski definition) is 5. The number of nitrogens with two attached hydrogens (primary N) is 2. The zero-order chi connectivity index (χ0) is 28.4. The maximum Gasteiger partial charge on any atom is 0.252 e. The third kappa shape index (κ3) is 5.59. The van der Waals surface area contributed by atoms with Crippen LogP contribution < -0.4 is 21.1 Å². The highest BCUT2D eigenvalue weighted by atomic mass is 32.2. The molecule has 0 aliphatic rings. The number of fused-ring (bicyclic) bond motifs is 1. The molecule has 0 saturated carbocycles. The average Bonchev–Trinajstić information content (AvgIpc) is 3.31. The summed E-state index contributed by atoms with van der Waals surface area (Å²) in [4.78, 5) is 15.5. The smallest absolute Gasteiger partial charge is 0.252 e. The lowest BCUT2D eigenvalue weighted by Gasteiger charge is -2.32. The number of nitrogens with one attached hydrogen (secondary N) is 1. The first kappa shape index (κ1) is 27.1. The molecule has 5 rings (SSSR count). The maximum atomic E-state index is 13.9. The summed E-state index contributed by atoms with van der Waals surface area (Å²) < 4.78 is 29.8. The Balaban J connectivity index is 1.49. The molecule has 1 atom stereocenters. The van der Waals surface area contributed by atoms with Crippen LogP contribution in [0.1, 0.15) is 17.4 Å². The SMILES string of the molecule is Cc1cc2cc(N(C(N)=S)C(C(=O)Nc3ccc(-c4ccccc4S(N)(=O)=O)cc3)c3ccccc3)ccc2o1. The van der Waals surface area contributed by atoms with Crippen molar-refractivity contribution in [2.75, 3.05) is 10.2 Å². The third-order valence-corrected chi connectivity index (χ3v) is 7.58. The molecule has 5 aromatic rings. The number of furan rings is 1. The Morgan fingerprint density at radius 3 is 2.27 bits per heavy atom. The van der Waals surface area contributed by atoms with Gasteiger partial charge in [-0.1, -0.05) is 60.7 Å². The topological polar surface area (TPSA) is 132 Å². The van der Waals surface area contributed by atoms with Gasteiger partial charge in [-0.05, 0) is 72.7 Å². The lowest BCUT2D eigenvalue weighted by molar-refractivity contribution is -0.117. The van der Waals surface area contributed by atoms with Crippen LogP contribution in [0, 0.1) is 6.92 Å². The highest BCUT2D eigenvalue weighted by Gasteiger charge is 2.30. The zero-order valence-electron chi connectivity index (χ0n) is 21.4. The fraction of sp³-hybridized carbons (Fsp3) is 0.0667. The van der Waals surface area contributed by atoms with Gasteiger partial charge in [-0.3, -0.25) is 4.79 Å². The van der Waals surface area contributed by atoms with Gasteiger partial charge in [-0.2, -0.15) is 0 Å². The van der Waals surface area contributed by atoms with Crippen LogP contribution >= 0.6 is 12.2 Å². The van der Waals surface area contributed by atoms with Gasteiger partial charge < -0.3 is 20.4 Å². The number of primary sulfonamides is 1. The van der Waals surface area contributed by atoms with E-state index in [0.29, 0.717) is 33.6 Å². The Morgan fingerprint density at radius 1 is 0.925 bits per heavy atom. The van der Waals surface area contributed by atoms with E-state index in [4.69, 9.17) is 27.5 Å². The first-order chi connectivity index (χ1) is 19.1. The summed E-state index contributed by atoms with van der Waals surface area (Å²) in [7, 11) is -3.91. The summed E-state index contributed by atoms with van der Waals surface area (Å²) in [5.41, 5.74) is 9.87. The highest BCUT2D eigenvalue weighted by molar-refractivity contribution is 7.89. The number of sulfonamides is 1. The van der Waals surface area contributed by atoms with Crippen molar-refractivity contribution < 1.29 is 17.6 Å². The van der Waals surface area contributed by atoms with Crippen LogP contribution in [0.15, 0.2) is 112 Å². The second-order valence-corrected chi connectivity index (χ2v) is 11.2. The van der Waals surface area contributed by atoms with Crippen LogP contribution in [0.25, 0.3) is 22.1 Å². The molecule has 0 fully saturated rings. The van der Waals surface area contributed by atoms with Crippen molar-refractivity contribution in [2.24, 2.45) is 10.9 Å². The van der Waals surface area contributed by atoms with Crippen LogP contribution in [-0.2, 0) is 14.8 Å². The van der Waals surface area contributed by atoms with Crippen LogP contribution in [0.2, 0.25) is 0 Å². The molecule has 40 heavy (non-hydrogen) atoms. The van der Waals surface area contributed by atoms with E-state index in [-0.39, 0.29) is 15.9 Å². The molecule has 0 saturated heterocycles. The molecule has 0 radical (unpaired) electrons. The van der Waals surface area contributed by atoms with Crippen molar-refractivity contribution in [3.63, 3.8) is 0 Å². The van der Waals surface area contributed by atoms with Gasteiger partial charge in [0, 0.05) is 22.3 Å². The van der Waals surface area contributed by atoms with Crippen molar-refractivity contribution in [1.29, 1.82) is 0 Å². The minimum atomic E-state index is -3.91. The number of hydrogen-bond donors (Lipinski definition) is 3. The number of thiocarbonyl (C=S) groups is 1. The third-order valence-electron chi connectivity index (χ3n) is 6.42. The molecule has 0 bridgehead atoms. The Morgan fingerprint density at radius 2 is 1.60 bits per heavy atom. The van der Waals surface area contributed by atoms with Gasteiger partial charge >= 0.3 is 0 Å². The number of nitrogens with zero attached hydrogens (tertiary/aromatic N) is 1. The molecule has 1 heterocycles. The molecule has 1 aromatic heterocycles. The predicted molar refractivity (Wildman–Crippen MR) is 161 cm³/mol. The normalized spacial score (nSPS) is 12.2. The molecule has 5 N–H and O–H groups in total. The summed E-state index contributed by atoms with van der Waals surface area (Å²) >= 11 is 5.44. The van der Waals surface area contributed by atoms with E-state index in [1.165, 1.54) is 6.07 Å². The Bertz CT molecular complexity index is 1820. The molecule has 1 amide bonds. The Hall–Kier alpha value is -4.51. The summed E-state index contributed by atoms with van der Waals surface area (Å²) in [6.45, 7) is 1.87. The summed E-state index contributed by atoms with van der Waals surface area (Å²) in [6, 6.07) is 29.1. The molecule has 0 aliphatic heterocycles. The van der Waals surface area contributed by atoms with E-state index in [1.54, 1.807) is 47.4 Å². The molecule has 4 aromatic carbocycles. The van der Waals surface area contributed by atoms with Gasteiger partial charge in [0.25, 0.3) is 5.91 Å². The van der Waals surface area contributed by atoms with E-state index >= 15 is 0 Å². The van der Waals surface area contributed by atoms with Gasteiger partial charge in [-0.15, -0.1) is 0 Å². The molecule has 0 spiro atoms. The van der Waals surface area contributed by atoms with E-state index in [9.17, 15) is 13.2 Å². The molecule has 0 aliphatic carbocycles. The van der Waals surface area contributed by atoms with Crippen molar-refractivity contribution in [3.05, 3.63) is 114 Å². The fourth-order valence-electron chi connectivity index (χ4n) is 4.67. The number of benzene rings is 4. The van der Waals surface area contributed by atoms with E-state index in [1.807, 2.05) is 61.5 Å². The second kappa shape index (κ2) is 10.9. The van der Waals surface area contributed by atoms with Crippen LogP contribution in [0.3, 0.4) is 0 Å². The first-order valence-electron chi connectivity index (χ1n) is 12.3. The Labute approximate surface area is 237 Å². The minimum absolute atomic E-state index is 0.0211. The summed E-state index contributed by atoms with van der Waals surface area (Å²) in [5, 5.41) is 9.24. The molecular weight excluding hydrogens is 544 g/mol. The highest BCUT2D eigenvalue weighted by Crippen LogP contribution is 2.33. The van der Waals surface area contributed by atoms with Crippen molar-refractivity contribution in [3.8, 4) is 11.1 Å². The number of amides is 1. The average molecular weight is 571 g/mol. The molecular formula is C30H26N4O4S2. The van der Waals surface area contributed by atoms with E-state index < -0.39 is 16.1 Å². The number of carbonyl (C=O) groups excluding carboxylic acids is 1. The van der Waals surface area contributed by atoms with Gasteiger partial charge in [0.15, 0.2) is 5.11 Å². The quantitative estimate of drug-likeness (QED) is 0.221. The molecule has 10 heteroatoms. The predicted octanol–water partition coefficient (Wildman–Crippen LogP) is 5.49. The maximum absolute atomic E-state index is 13.9. The fourth-order valence-corrected chi connectivity index (χ4v) is 5.64. The van der Waals surface area contributed by atoms with Crippen LogP contribution in [-0.4, -0.2) is 19.4 Å². The van der Waals surface area contributed by atoms with Crippen molar-refractivity contribution >= 4 is 55.6 Å². The number of rotatable bonds is 7. The summed E-state index contributed by atoms with van der Waals surface area (Å²) in [6.07, 6.45) is 0. The number of carbonyl (C=O) groups is 1. The van der Waals surface area contributed by atoms with Gasteiger partial charge in [0.05, 0.1) is 4.90 Å². The zero-order valence-corrected chi connectivity index (χ0v) is 23.1. The first-order valence-corrected chi connectivity index (χ1v) is 14.2. The van der Waals surface area contributed by atoms with Crippen LogP contribution in [0.4, 0.5) is 11.4 Å². The van der Waals surface area contributed by atoms with Crippen molar-refractivity contribution in [1.82, 2.24) is 0 Å². The molecule has 1 unspecified atom stereocenters. The van der Waals surface area contributed by atoms with Crippen LogP contribution in [0.5, 0.6) is 0 Å². The second-order valence-electron chi connectivity index (χ2n) is 9.21. The summed E-state index contributed by atoms with van der Waals surface area (Å²) in [5.74, 6) is 0.404. The van der Waals surface area contributed by atoms with Gasteiger partial charge in [0.2, 0.25) is 10.0 Å². The van der Waals surface area contributed by atoms with Crippen molar-refractivity contribution in [2.45, 2.75) is 17.9 Å². The van der Waals surface area contributed by atoms with E-state index in [2.05, 4.69) is 5.32 Å². The number of anilines is 2. The van der Waals surface area contributed by atoms with Gasteiger partial charge in [0.1, 0.15) is 17.4 Å². The van der Waals surface area contributed by atoms with Gasteiger partial charge in [-0.25, -0.2) is 13.6 Å². The lowest BCUT2D eigenvalue weighted by atomic mass is 10.0. The standard InChI is InChI=1S/C30H26N4O4S2/c1-19-17-22-18-24(15-16-26(22)38-19)34(30(31)39)28(21-7-3-2-4-8-21)29(35)33-23-13-11-20(12-14-23)25-9-5-6-10-27(25)40(32,36)37/h2-18,28H,1H3,(H2,31,39)(H,33,35)(H2,32,36,37). The minimum Gasteiger partial charge on any atom is -0.461 e. The van der Waals surface area contributed by atoms with E-state index in [0.717, 1.165) is 11.1 Å². The largest absolute Gasteiger partial charge is 0.461 e. The lowest BCUT2D eigenvalue weighted by Crippen LogP contribution is -2.44. The molecule has 8 nitrogen and oxygen atoms in total. The monoisotopic (exact) mass is 570 g/mol.